The smallest absolute Gasteiger partial charge is 0.662 e. The van der Waals surface area contributed by atoms with E-state index >= 15 is 0 Å². The fraction of sp³-hybridized carbons (Fsp3) is 0.212. The summed E-state index contributed by atoms with van der Waals surface area (Å²) in [5, 5.41) is 67.6. The Kier molecular flexibility index (Phi) is 49.3. The second-order valence-corrected chi connectivity index (χ2v) is 30.8. The van der Waals surface area contributed by atoms with E-state index in [1.807, 2.05) is 184 Å². The number of urea groups is 1. The van der Waals surface area contributed by atoms with Gasteiger partial charge in [0.05, 0.1) is 111 Å². The number of nitro groups is 2. The van der Waals surface area contributed by atoms with E-state index in [2.05, 4.69) is 92.1 Å². The van der Waals surface area contributed by atoms with E-state index in [0.717, 1.165) is 101 Å². The van der Waals surface area contributed by atoms with Gasteiger partial charge in [0, 0.05) is 181 Å². The first-order valence-electron chi connectivity index (χ1n) is 40.6. The number of carbonyl (C=O) groups is 2. The monoisotopic (exact) mass is 2120 g/mol. The van der Waals surface area contributed by atoms with Gasteiger partial charge in [0.25, 0.3) is 17.8 Å². The fourth-order valence-corrected chi connectivity index (χ4v) is 12.7. The van der Waals surface area contributed by atoms with Crippen LogP contribution in [0.25, 0.3) is 43.7 Å². The zero-order valence-corrected chi connectivity index (χ0v) is 82.0. The minimum atomic E-state index is -0.502. The Morgan fingerprint density at radius 2 is 0.837 bits per heavy atom. The summed E-state index contributed by atoms with van der Waals surface area (Å²) in [6.07, 6.45) is 20.5. The van der Waals surface area contributed by atoms with Crippen molar-refractivity contribution >= 4 is 108 Å². The number of nitrogen functional groups attached to an aromatic ring is 5. The van der Waals surface area contributed by atoms with Crippen LogP contribution in [0.2, 0.25) is 0 Å². The maximum atomic E-state index is 13.3. The van der Waals surface area contributed by atoms with E-state index in [0.29, 0.717) is 102 Å². The number of aliphatic hydroxyl groups is 2. The molecular weight excluding hydrogens is 2000 g/mol. The fourth-order valence-electron chi connectivity index (χ4n) is 12.7. The number of hydrogen-bond donors (Lipinski definition) is 9. The third-order valence-corrected chi connectivity index (χ3v) is 19.6. The Morgan fingerprint density at radius 3 is 1.25 bits per heavy atom. The van der Waals surface area contributed by atoms with E-state index in [9.17, 15) is 29.8 Å². The van der Waals surface area contributed by atoms with Crippen molar-refractivity contribution in [3.05, 3.63) is 348 Å². The van der Waals surface area contributed by atoms with Crippen molar-refractivity contribution in [1.29, 1.82) is 0 Å². The summed E-state index contributed by atoms with van der Waals surface area (Å²) in [5.74, 6) is 3.29. The number of non-ortho nitro benzene ring substituents is 1. The van der Waals surface area contributed by atoms with Gasteiger partial charge in [-0.05, 0) is 134 Å². The number of ether oxygens (including phenoxy) is 3. The molecule has 0 unspecified atom stereocenters. The summed E-state index contributed by atoms with van der Waals surface area (Å²) in [7, 11) is 0. The van der Waals surface area contributed by atoms with Crippen LogP contribution >= 0.6 is 0 Å². The van der Waals surface area contributed by atoms with Crippen LogP contribution in [0.15, 0.2) is 267 Å². The number of rotatable bonds is 24. The van der Waals surface area contributed by atoms with Gasteiger partial charge in [0.15, 0.2) is 5.82 Å². The number of aliphatic hydroxyl groups excluding tert-OH is 2. The number of aliphatic imine (C=N–C) groups is 1. The standard InChI is InChI=1S/C32H34N6O2.C17H15N3O3.C17H17N3O.C15H17N3O.C7H8N2O3.C7H10N2O.CH2O3.CH4.2CH3.Na.Pd.Pt.2H2/c1-21-9-11-23(12-10-21)38-30(19-29(37-38)32(2,3)4)36-31(39)35-27-13-14-28(25-8-6-5-7-24(25)27)40-18-16-22-15-17-34-20-26(22)33;18-15-11-19-9-7-12(15)8-10-23-17-6-5-16(20(21)22)13-3-1-2-4-14(13)17;18-15-5-6-17(14-4-2-1-3-13(14)15)21-10-8-12-7-9-20-11-16(12)19;1-11-5-7-12(8-6-11)18-14(16-10-19)9-13(17-18)15(2,3)4;10-4-2-6-1-3-8-5-7(6)9(11)12;8-7-5-9-3-1-6(7)2-4-10;2-1-4-3;;;;;;;;/h5-15,17,19-20H,16,18,33H2,1-4H3,(H2,35,36,39);1-7,9,11H,8,10,18H2;1-7,9,11H,8,10,18-19H2;5-9H,1-4H3;1,3,5,10H,2,4H2;1,3,5,10H,2,4,8H2;1,3H;1H4;2*1H3;;;;2*1H/q;;;;;;;;2*-1;+1;;;;/p-1. The SMILES string of the molecule is C.Cc1ccc(-n2nc(C(C)(C)C)cc2N=C=O)cc1.Cc1ccc(-n2nc(C(C)(C)C)cc2NC(=O)Nc2ccc(OCCc3ccncc3N)c3ccccc23)cc1.Nc1cnccc1CCO.Nc1cnccc1CCOc1ccc(N)c2ccccc12.Nc1cnccc1CCOc1ccc([N+](=O)[O-])c2ccccc12.O=CO[O-].O=[N+]([O-])c1cnccc1CCO.[CH3-].[CH3-].[HH].[HH].[Na+].[Pd].[Pt]. The number of isocyanates is 1. The number of fused-ring (bicyclic) bond motifs is 3. The number of pyridine rings is 5. The van der Waals surface area contributed by atoms with Gasteiger partial charge in [-0.3, -0.25) is 55.3 Å². The minimum Gasteiger partial charge on any atom is -0.662 e. The van der Waals surface area contributed by atoms with Crippen LogP contribution in [-0.4, -0.2) is 116 Å². The Labute approximate surface area is 838 Å². The van der Waals surface area contributed by atoms with Gasteiger partial charge in [-0.15, -0.1) is 4.99 Å². The zero-order valence-electron chi connectivity index (χ0n) is 76.2. The van der Waals surface area contributed by atoms with Crippen LogP contribution < -0.4 is 88.3 Å². The molecule has 0 bridgehead atoms. The molecule has 0 aliphatic heterocycles. The number of nitro benzene ring substituents is 1. The van der Waals surface area contributed by atoms with Crippen LogP contribution in [0.1, 0.15) is 102 Å². The number of benzene rings is 8. The van der Waals surface area contributed by atoms with Crippen molar-refractivity contribution in [2.24, 2.45) is 4.99 Å². The molecule has 36 heteroatoms. The van der Waals surface area contributed by atoms with Crippen LogP contribution in [0.5, 0.6) is 17.2 Å². The largest absolute Gasteiger partial charge is 1.00 e. The molecule has 8 aromatic carbocycles. The molecule has 0 radical (unpaired) electrons. The Morgan fingerprint density at radius 1 is 0.481 bits per heavy atom. The number of nitrogens with one attached hydrogen (secondary N) is 2. The van der Waals surface area contributed by atoms with Crippen molar-refractivity contribution in [3.8, 4) is 28.6 Å². The Bertz CT molecular complexity index is 6340. The molecule has 14 N–H and O–H groups in total. The summed E-state index contributed by atoms with van der Waals surface area (Å²) in [6, 6.07) is 61.9. The molecule has 0 atom stereocenters. The van der Waals surface area contributed by atoms with Gasteiger partial charge < -0.3 is 83.4 Å². The van der Waals surface area contributed by atoms with E-state index in [1.54, 1.807) is 83.2 Å². The van der Waals surface area contributed by atoms with Crippen molar-refractivity contribution < 1.29 is 133 Å². The summed E-state index contributed by atoms with van der Waals surface area (Å²) >= 11 is 0. The molecule has 135 heavy (non-hydrogen) atoms. The van der Waals surface area contributed by atoms with Gasteiger partial charge in [0.1, 0.15) is 29.3 Å². The predicted molar refractivity (Wildman–Crippen MR) is 523 cm³/mol. The van der Waals surface area contributed by atoms with Crippen LogP contribution in [0.3, 0.4) is 0 Å². The molecule has 15 aromatic rings. The molecule has 0 aliphatic rings. The number of nitrogens with zero attached hydrogens (tertiary/aromatic N) is 12. The van der Waals surface area contributed by atoms with E-state index in [4.69, 9.17) is 68.2 Å². The average Bonchev–Trinajstić information content (AvgIpc) is 1.75. The van der Waals surface area contributed by atoms with Crippen LogP contribution in [0, 0.1) is 48.9 Å². The molecule has 15 rings (SSSR count). The summed E-state index contributed by atoms with van der Waals surface area (Å²) < 4.78 is 21.3. The number of amides is 2. The maximum Gasteiger partial charge on any atom is 1.00 e. The molecule has 0 saturated heterocycles. The zero-order chi connectivity index (χ0) is 93.0. The quantitative estimate of drug-likeness (QED) is 0.00312. The Balaban J connectivity index is 0.000000848. The van der Waals surface area contributed by atoms with Crippen LogP contribution in [-0.2, 0) is 98.9 Å². The molecule has 2 amide bonds. The first kappa shape index (κ1) is 115. The predicted octanol–water partition coefficient (Wildman–Crippen LogP) is 14.9. The van der Waals surface area contributed by atoms with Gasteiger partial charge in [-0.1, -0.05) is 151 Å². The first-order chi connectivity index (χ1) is 62.0. The second kappa shape index (κ2) is 57.6. The maximum absolute atomic E-state index is 13.3. The van der Waals surface area contributed by atoms with Crippen molar-refractivity contribution in [2.45, 2.75) is 106 Å². The third kappa shape index (κ3) is 34.4. The number of nitrogens with two attached hydrogens (primary N) is 5. The van der Waals surface area contributed by atoms with E-state index in [-0.39, 0.29) is 149 Å². The third-order valence-electron chi connectivity index (χ3n) is 19.6. The summed E-state index contributed by atoms with van der Waals surface area (Å²) in [5.41, 5.74) is 43.4. The van der Waals surface area contributed by atoms with Crippen molar-refractivity contribution in [1.82, 2.24) is 44.5 Å². The molecule has 714 valence electrons. The van der Waals surface area contributed by atoms with Gasteiger partial charge in [-0.25, -0.2) is 19.0 Å². The number of anilines is 7. The average molecular weight is 2120 g/mol. The van der Waals surface area contributed by atoms with Gasteiger partial charge >= 0.3 is 35.6 Å². The molecule has 33 nitrogen and oxygen atoms in total. The van der Waals surface area contributed by atoms with Crippen LogP contribution in [0.4, 0.5) is 61.9 Å². The number of aromatic nitrogens is 9. The minimum absolute atomic E-state index is 0. The van der Waals surface area contributed by atoms with Crippen molar-refractivity contribution in [3.63, 3.8) is 0 Å². The molecule has 7 aromatic heterocycles. The second-order valence-electron chi connectivity index (χ2n) is 30.8. The number of hydrogen-bond acceptors (Lipinski definition) is 27. The molecule has 0 fully saturated rings. The molecule has 0 spiro atoms. The topological polar surface area (TPSA) is 505 Å². The van der Waals surface area contributed by atoms with Gasteiger partial charge in [0.2, 0.25) is 6.08 Å². The molecule has 0 saturated carbocycles. The Hall–Kier alpha value is -13.7. The number of carbonyl (C=O) groups excluding carboxylic acids is 3. The summed E-state index contributed by atoms with van der Waals surface area (Å²) in [4.78, 5) is 78.8. The number of aryl methyl sites for hydroxylation is 2. The van der Waals surface area contributed by atoms with E-state index < -0.39 is 4.92 Å². The van der Waals surface area contributed by atoms with E-state index in [1.165, 1.54) is 30.1 Å². The molecule has 7 heterocycles. The van der Waals surface area contributed by atoms with Crippen molar-refractivity contribution in [2.75, 3.05) is 72.3 Å². The normalized spacial score (nSPS) is 10.2. The first-order valence-corrected chi connectivity index (χ1v) is 40.6. The summed E-state index contributed by atoms with van der Waals surface area (Å²) in [6.45, 7) is 17.9. The molecular formula is C99H116N19NaO14PdPt-2. The van der Waals surface area contributed by atoms with Gasteiger partial charge in [-0.2, -0.15) is 10.2 Å². The molecule has 0 aliphatic carbocycles.